The van der Waals surface area contributed by atoms with E-state index in [2.05, 4.69) is 21.8 Å². The average Bonchev–Trinajstić information content (AvgIpc) is 3.05. The molecule has 0 amide bonds. The van der Waals surface area contributed by atoms with E-state index in [-0.39, 0.29) is 6.04 Å². The van der Waals surface area contributed by atoms with E-state index >= 15 is 0 Å². The molecule has 2 aromatic heterocycles. The van der Waals surface area contributed by atoms with E-state index < -0.39 is 5.95 Å². The molecular formula is C18H22FN3O. The lowest BCUT2D eigenvalue weighted by Crippen LogP contribution is -2.25. The van der Waals surface area contributed by atoms with Crippen LogP contribution in [0.1, 0.15) is 30.6 Å². The molecule has 23 heavy (non-hydrogen) atoms. The van der Waals surface area contributed by atoms with Crippen molar-refractivity contribution in [2.24, 2.45) is 5.92 Å². The summed E-state index contributed by atoms with van der Waals surface area (Å²) in [5.41, 5.74) is 2.14. The van der Waals surface area contributed by atoms with Crippen LogP contribution in [0.4, 0.5) is 4.39 Å². The van der Waals surface area contributed by atoms with E-state index in [1.165, 1.54) is 6.07 Å². The van der Waals surface area contributed by atoms with Crippen LogP contribution in [-0.4, -0.2) is 35.1 Å². The molecule has 4 nitrogen and oxygen atoms in total. The SMILES string of the molecule is COc1cccc(C(C)N2CC[C@H](Cc3ccc(F)nc3)C2)n1. The molecule has 3 rings (SSSR count). The van der Waals surface area contributed by atoms with Gasteiger partial charge in [-0.25, -0.2) is 9.97 Å². The fourth-order valence-corrected chi connectivity index (χ4v) is 3.21. The Morgan fingerprint density at radius 3 is 2.96 bits per heavy atom. The first-order valence-electron chi connectivity index (χ1n) is 8.01. The molecule has 2 aromatic rings. The predicted molar refractivity (Wildman–Crippen MR) is 86.8 cm³/mol. The number of pyridine rings is 2. The minimum atomic E-state index is -0.417. The van der Waals surface area contributed by atoms with Crippen molar-refractivity contribution in [2.45, 2.75) is 25.8 Å². The summed E-state index contributed by atoms with van der Waals surface area (Å²) in [6, 6.07) is 9.43. The van der Waals surface area contributed by atoms with Gasteiger partial charge in [-0.05, 0) is 49.9 Å². The first-order valence-corrected chi connectivity index (χ1v) is 8.01. The maximum Gasteiger partial charge on any atom is 0.213 e. The summed E-state index contributed by atoms with van der Waals surface area (Å²) < 4.78 is 18.1. The van der Waals surface area contributed by atoms with Gasteiger partial charge in [0.05, 0.1) is 12.8 Å². The van der Waals surface area contributed by atoms with Crippen molar-refractivity contribution >= 4 is 0 Å². The highest BCUT2D eigenvalue weighted by Crippen LogP contribution is 2.28. The van der Waals surface area contributed by atoms with Gasteiger partial charge >= 0.3 is 0 Å². The Bertz CT molecular complexity index is 647. The van der Waals surface area contributed by atoms with Crippen molar-refractivity contribution in [3.8, 4) is 5.88 Å². The molecule has 122 valence electrons. The molecule has 3 heterocycles. The zero-order valence-electron chi connectivity index (χ0n) is 13.6. The topological polar surface area (TPSA) is 38.2 Å². The highest BCUT2D eigenvalue weighted by molar-refractivity contribution is 5.18. The number of methoxy groups -OCH3 is 1. The molecule has 1 aliphatic rings. The first kappa shape index (κ1) is 15.9. The number of ether oxygens (including phenoxy) is 1. The van der Waals surface area contributed by atoms with Gasteiger partial charge < -0.3 is 4.74 Å². The van der Waals surface area contributed by atoms with Crippen molar-refractivity contribution in [3.05, 3.63) is 53.7 Å². The van der Waals surface area contributed by atoms with Crippen LogP contribution in [0.3, 0.4) is 0 Å². The zero-order valence-corrected chi connectivity index (χ0v) is 13.6. The second-order valence-electron chi connectivity index (χ2n) is 6.12. The van der Waals surface area contributed by atoms with E-state index in [1.54, 1.807) is 13.3 Å². The Balaban J connectivity index is 1.61. The van der Waals surface area contributed by atoms with Crippen molar-refractivity contribution < 1.29 is 9.13 Å². The van der Waals surface area contributed by atoms with Crippen molar-refractivity contribution in [3.63, 3.8) is 0 Å². The fourth-order valence-electron chi connectivity index (χ4n) is 3.21. The number of hydrogen-bond donors (Lipinski definition) is 0. The third-order valence-electron chi connectivity index (χ3n) is 4.56. The standard InChI is InChI=1S/C18H22FN3O/c1-13(16-4-3-5-18(21-16)23-2)22-9-8-15(12-22)10-14-6-7-17(19)20-11-14/h3-7,11,13,15H,8-10,12H2,1-2H3/t13?,15-/m1/s1. The van der Waals surface area contributed by atoms with Gasteiger partial charge in [-0.15, -0.1) is 0 Å². The van der Waals surface area contributed by atoms with Gasteiger partial charge in [-0.3, -0.25) is 4.90 Å². The molecule has 1 aliphatic heterocycles. The Kier molecular flexibility index (Phi) is 4.86. The molecule has 0 bridgehead atoms. The van der Waals surface area contributed by atoms with E-state index in [9.17, 15) is 4.39 Å². The number of hydrogen-bond acceptors (Lipinski definition) is 4. The number of halogens is 1. The van der Waals surface area contributed by atoms with Crippen LogP contribution in [0.15, 0.2) is 36.5 Å². The quantitative estimate of drug-likeness (QED) is 0.794. The Labute approximate surface area is 136 Å². The second kappa shape index (κ2) is 7.04. The molecule has 0 aromatic carbocycles. The summed E-state index contributed by atoms with van der Waals surface area (Å²) in [5, 5.41) is 0. The van der Waals surface area contributed by atoms with Crippen LogP contribution >= 0.6 is 0 Å². The number of nitrogens with zero attached hydrogens (tertiary/aromatic N) is 3. The molecule has 5 heteroatoms. The van der Waals surface area contributed by atoms with Crippen LogP contribution in [0.2, 0.25) is 0 Å². The van der Waals surface area contributed by atoms with E-state index in [4.69, 9.17) is 4.74 Å². The van der Waals surface area contributed by atoms with Gasteiger partial charge in [0, 0.05) is 24.8 Å². The molecule has 0 radical (unpaired) electrons. The molecule has 1 unspecified atom stereocenters. The third-order valence-corrected chi connectivity index (χ3v) is 4.56. The summed E-state index contributed by atoms with van der Waals surface area (Å²) in [6.07, 6.45) is 3.73. The summed E-state index contributed by atoms with van der Waals surface area (Å²) in [7, 11) is 1.64. The normalized spacial score (nSPS) is 19.7. The van der Waals surface area contributed by atoms with Gasteiger partial charge in [0.25, 0.3) is 0 Å². The van der Waals surface area contributed by atoms with E-state index in [0.29, 0.717) is 11.8 Å². The van der Waals surface area contributed by atoms with Gasteiger partial charge in [-0.1, -0.05) is 12.1 Å². The van der Waals surface area contributed by atoms with Crippen LogP contribution in [0, 0.1) is 11.9 Å². The molecule has 1 saturated heterocycles. The lowest BCUT2D eigenvalue weighted by atomic mass is 10.00. The van der Waals surface area contributed by atoms with E-state index in [1.807, 2.05) is 24.3 Å². The number of likely N-dealkylation sites (tertiary alicyclic amines) is 1. The van der Waals surface area contributed by atoms with Crippen molar-refractivity contribution in [1.82, 2.24) is 14.9 Å². The molecule has 2 atom stereocenters. The minimum Gasteiger partial charge on any atom is -0.481 e. The lowest BCUT2D eigenvalue weighted by Gasteiger charge is -2.24. The van der Waals surface area contributed by atoms with Crippen LogP contribution < -0.4 is 4.74 Å². The fraction of sp³-hybridized carbons (Fsp3) is 0.444. The lowest BCUT2D eigenvalue weighted by molar-refractivity contribution is 0.246. The molecule has 0 saturated carbocycles. The van der Waals surface area contributed by atoms with Gasteiger partial charge in [0.2, 0.25) is 11.8 Å². The summed E-state index contributed by atoms with van der Waals surface area (Å²) in [6.45, 7) is 4.26. The van der Waals surface area contributed by atoms with Crippen LogP contribution in [0.5, 0.6) is 5.88 Å². The molecule has 0 N–H and O–H groups in total. The molecule has 1 fully saturated rings. The summed E-state index contributed by atoms with van der Waals surface area (Å²) >= 11 is 0. The highest BCUT2D eigenvalue weighted by Gasteiger charge is 2.27. The monoisotopic (exact) mass is 315 g/mol. The van der Waals surface area contributed by atoms with Crippen molar-refractivity contribution in [2.75, 3.05) is 20.2 Å². The zero-order chi connectivity index (χ0) is 16.2. The van der Waals surface area contributed by atoms with E-state index in [0.717, 1.165) is 37.2 Å². The summed E-state index contributed by atoms with van der Waals surface area (Å²) in [5.74, 6) is 0.817. The van der Waals surface area contributed by atoms with Gasteiger partial charge in [-0.2, -0.15) is 4.39 Å². The maximum absolute atomic E-state index is 12.9. The van der Waals surface area contributed by atoms with Gasteiger partial charge in [0.1, 0.15) is 0 Å². The Morgan fingerprint density at radius 2 is 2.22 bits per heavy atom. The van der Waals surface area contributed by atoms with Crippen LogP contribution in [-0.2, 0) is 6.42 Å². The minimum absolute atomic E-state index is 0.265. The molecule has 0 aliphatic carbocycles. The number of aromatic nitrogens is 2. The Hall–Kier alpha value is -2.01. The predicted octanol–water partition coefficient (Wildman–Crippen LogP) is 3.25. The molecule has 0 spiro atoms. The smallest absolute Gasteiger partial charge is 0.213 e. The number of rotatable bonds is 5. The average molecular weight is 315 g/mol. The maximum atomic E-state index is 12.9. The summed E-state index contributed by atoms with van der Waals surface area (Å²) in [4.78, 5) is 10.7. The van der Waals surface area contributed by atoms with Gasteiger partial charge in [0.15, 0.2) is 0 Å². The Morgan fingerprint density at radius 1 is 1.35 bits per heavy atom. The third kappa shape index (κ3) is 3.85. The van der Waals surface area contributed by atoms with Crippen molar-refractivity contribution in [1.29, 1.82) is 0 Å². The van der Waals surface area contributed by atoms with Crippen LogP contribution in [0.25, 0.3) is 0 Å². The largest absolute Gasteiger partial charge is 0.481 e. The highest BCUT2D eigenvalue weighted by atomic mass is 19.1. The second-order valence-corrected chi connectivity index (χ2v) is 6.12. The molecular weight excluding hydrogens is 293 g/mol. The first-order chi connectivity index (χ1) is 11.2.